The number of hydrogen-bond donors (Lipinski definition) is 2. The number of amides is 2. The summed E-state index contributed by atoms with van der Waals surface area (Å²) < 4.78 is 1.32. The fourth-order valence-electron chi connectivity index (χ4n) is 4.85. The first kappa shape index (κ1) is 24.3. The minimum atomic E-state index is -0.631. The summed E-state index contributed by atoms with van der Waals surface area (Å²) >= 11 is 1.86. The summed E-state index contributed by atoms with van der Waals surface area (Å²) in [6, 6.07) is 8.42. The van der Waals surface area contributed by atoms with E-state index in [0.29, 0.717) is 36.1 Å². The van der Waals surface area contributed by atoms with E-state index in [1.165, 1.54) is 35.4 Å². The number of piperidine rings is 1. The Morgan fingerprint density at radius 2 is 1.97 bits per heavy atom. The third-order valence-electron chi connectivity index (χ3n) is 6.79. The van der Waals surface area contributed by atoms with E-state index in [1.807, 2.05) is 11.3 Å². The molecule has 0 radical (unpaired) electrons. The number of carbonyl (C=O) groups is 2. The molecule has 6 rings (SSSR count). The van der Waals surface area contributed by atoms with Crippen LogP contribution >= 0.6 is 11.3 Å². The monoisotopic (exact) mass is 505 g/mol. The molecule has 2 amide bonds. The van der Waals surface area contributed by atoms with Crippen molar-refractivity contribution in [2.75, 3.05) is 38.5 Å². The topological polar surface area (TPSA) is 107 Å². The van der Waals surface area contributed by atoms with Crippen molar-refractivity contribution in [3.05, 3.63) is 47.9 Å². The number of carbonyl (C=O) groups excluding carboxylic acids is 2. The third kappa shape index (κ3) is 5.39. The van der Waals surface area contributed by atoms with Gasteiger partial charge in [0.15, 0.2) is 0 Å². The molecule has 2 fully saturated rings. The number of H-pyrrole nitrogens is 1. The van der Waals surface area contributed by atoms with E-state index < -0.39 is 11.8 Å². The second kappa shape index (κ2) is 10.7. The Bertz CT molecular complexity index is 1330. The molecular weight excluding hydrogens is 474 g/mol. The van der Waals surface area contributed by atoms with Gasteiger partial charge < -0.3 is 15.1 Å². The van der Waals surface area contributed by atoms with Crippen LogP contribution < -0.4 is 5.32 Å². The van der Waals surface area contributed by atoms with Gasteiger partial charge in [-0.25, -0.2) is 4.98 Å². The minimum Gasteiger partial charge on any atom is -0.334 e. The largest absolute Gasteiger partial charge is 0.334 e. The molecule has 2 saturated heterocycles. The van der Waals surface area contributed by atoms with Crippen molar-refractivity contribution in [3.63, 3.8) is 0 Å². The van der Waals surface area contributed by atoms with Crippen LogP contribution in [0.25, 0.3) is 21.1 Å². The molecule has 1 aromatic carbocycles. The molecule has 0 saturated carbocycles. The molecule has 2 unspecified atom stereocenters. The van der Waals surface area contributed by atoms with E-state index in [4.69, 9.17) is 4.98 Å². The molecule has 0 bridgehead atoms. The smallest absolute Gasteiger partial charge is 0.314 e. The van der Waals surface area contributed by atoms with Crippen LogP contribution in [-0.4, -0.2) is 75.0 Å². The predicted molar refractivity (Wildman–Crippen MR) is 142 cm³/mol. The molecule has 188 valence electrons. The van der Waals surface area contributed by atoms with Gasteiger partial charge in [0.05, 0.1) is 38.8 Å². The Kier molecular flexibility index (Phi) is 7.24. The number of thiazole rings is 1. The molecular formula is C26H31N7O2S. The number of aromatic amines is 1. The van der Waals surface area contributed by atoms with Gasteiger partial charge in [0.1, 0.15) is 0 Å². The highest BCUT2D eigenvalue weighted by Crippen LogP contribution is 2.32. The average molecular weight is 506 g/mol. The van der Waals surface area contributed by atoms with Crippen LogP contribution in [0.5, 0.6) is 0 Å². The number of pyridine rings is 1. The lowest BCUT2D eigenvalue weighted by atomic mass is 10.0. The average Bonchev–Trinajstić information content (AvgIpc) is 3.63. The number of nitrogens with zero attached hydrogens (tertiary/aromatic N) is 5. The van der Waals surface area contributed by atoms with Gasteiger partial charge in [-0.2, -0.15) is 5.10 Å². The number of nitrogens with one attached hydrogen (secondary N) is 2. The summed E-state index contributed by atoms with van der Waals surface area (Å²) in [6.07, 6.45) is 8.07. The number of aromatic nitrogens is 4. The van der Waals surface area contributed by atoms with Crippen molar-refractivity contribution in [1.29, 1.82) is 0 Å². The normalized spacial score (nSPS) is 20.3. The predicted octanol–water partition coefficient (Wildman–Crippen LogP) is 3.87. The lowest BCUT2D eigenvalue weighted by molar-refractivity contribution is -0.144. The van der Waals surface area contributed by atoms with Crippen molar-refractivity contribution >= 4 is 50.0 Å². The van der Waals surface area contributed by atoms with Gasteiger partial charge in [-0.15, -0.1) is 11.3 Å². The molecule has 2 atom stereocenters. The van der Waals surface area contributed by atoms with Crippen molar-refractivity contribution in [1.82, 2.24) is 30.0 Å². The number of rotatable bonds is 2. The highest BCUT2D eigenvalue weighted by molar-refractivity contribution is 7.18. The molecule has 3 aromatic heterocycles. The summed E-state index contributed by atoms with van der Waals surface area (Å²) in [6.45, 7) is 5.74. The highest BCUT2D eigenvalue weighted by Gasteiger charge is 2.27. The first-order valence-electron chi connectivity index (χ1n) is 12.4. The van der Waals surface area contributed by atoms with Crippen LogP contribution in [0.2, 0.25) is 0 Å². The van der Waals surface area contributed by atoms with Crippen LogP contribution in [0.1, 0.15) is 37.1 Å². The van der Waals surface area contributed by atoms with Gasteiger partial charge in [0.25, 0.3) is 0 Å². The lowest BCUT2D eigenvalue weighted by Gasteiger charge is -2.30. The van der Waals surface area contributed by atoms with E-state index in [9.17, 15) is 9.59 Å². The van der Waals surface area contributed by atoms with Gasteiger partial charge >= 0.3 is 11.8 Å². The first-order valence-corrected chi connectivity index (χ1v) is 13.2. The molecule has 0 spiro atoms. The van der Waals surface area contributed by atoms with Gasteiger partial charge in [-0.3, -0.25) is 19.7 Å². The van der Waals surface area contributed by atoms with E-state index in [1.54, 1.807) is 17.3 Å². The number of fused-ring (bicyclic) bond motifs is 2. The number of anilines is 1. The zero-order chi connectivity index (χ0) is 25.1. The summed E-state index contributed by atoms with van der Waals surface area (Å²) in [5.74, 6) is -0.0216. The lowest BCUT2D eigenvalue weighted by Crippen LogP contribution is -2.44. The van der Waals surface area contributed by atoms with Crippen molar-refractivity contribution < 1.29 is 9.59 Å². The Labute approximate surface area is 213 Å². The number of likely N-dealkylation sites (tertiary alicyclic amines) is 2. The molecule has 36 heavy (non-hydrogen) atoms. The van der Waals surface area contributed by atoms with E-state index in [0.717, 1.165) is 23.7 Å². The molecule has 0 aliphatic carbocycles. The Morgan fingerprint density at radius 1 is 1.11 bits per heavy atom. The molecule has 5 heterocycles. The van der Waals surface area contributed by atoms with Gasteiger partial charge in [0, 0.05) is 37.1 Å². The van der Waals surface area contributed by atoms with Crippen molar-refractivity contribution in [2.45, 2.75) is 32.1 Å². The van der Waals surface area contributed by atoms with Crippen LogP contribution in [0.15, 0.2) is 42.9 Å². The number of hydrogen-bond acceptors (Lipinski definition) is 7. The number of likely N-dealkylation sites (N-methyl/N-ethyl adjacent to an activating group) is 1. The standard InChI is InChI=1S/C14H17N5O2.C12H14N2S/c1-9-3-2-4-19(8-9)14(21)13(20)17-11-7-15-5-10-6-16-18-12(10)11;1-14-7-6-9(8-14)12-13-10-4-2-3-5-11(10)15-12/h5-7,9H,2-4,8H2,1H3,(H,16,18)(H,17,20);2-5,9H,6-8H2,1H3. The van der Waals surface area contributed by atoms with E-state index in [-0.39, 0.29) is 0 Å². The minimum absolute atomic E-state index is 0.438. The first-order chi connectivity index (χ1) is 17.5. The maximum absolute atomic E-state index is 12.2. The highest BCUT2D eigenvalue weighted by atomic mass is 32.1. The summed E-state index contributed by atoms with van der Waals surface area (Å²) in [5.41, 5.74) is 2.29. The molecule has 2 aliphatic heterocycles. The molecule has 2 N–H and O–H groups in total. The summed E-state index contributed by atoms with van der Waals surface area (Å²) in [7, 11) is 2.19. The van der Waals surface area contributed by atoms with Gasteiger partial charge in [-0.05, 0) is 50.9 Å². The summed E-state index contributed by atoms with van der Waals surface area (Å²) in [4.78, 5) is 37.1. The van der Waals surface area contributed by atoms with Crippen molar-refractivity contribution in [3.8, 4) is 0 Å². The Morgan fingerprint density at radius 3 is 2.75 bits per heavy atom. The molecule has 10 heteroatoms. The second-order valence-corrected chi connectivity index (χ2v) is 10.8. The second-order valence-electron chi connectivity index (χ2n) is 9.74. The SMILES string of the molecule is CC1CCCN(C(=O)C(=O)Nc2cncc3cn[nH]c23)C1.CN1CCC(c2nc3ccccc3s2)C1. The maximum atomic E-state index is 12.2. The van der Waals surface area contributed by atoms with E-state index >= 15 is 0 Å². The van der Waals surface area contributed by atoms with E-state index in [2.05, 4.69) is 63.6 Å². The zero-order valence-electron chi connectivity index (χ0n) is 20.6. The Balaban J connectivity index is 0.000000156. The molecule has 2 aliphatic rings. The van der Waals surface area contributed by atoms with Crippen LogP contribution in [0.3, 0.4) is 0 Å². The van der Waals surface area contributed by atoms with Gasteiger partial charge in [0.2, 0.25) is 0 Å². The Hall–Kier alpha value is -3.37. The fourth-order valence-corrected chi connectivity index (χ4v) is 5.95. The quantitative estimate of drug-likeness (QED) is 0.401. The number of para-hydroxylation sites is 1. The molecule has 4 aromatic rings. The summed E-state index contributed by atoms with van der Waals surface area (Å²) in [5, 5.41) is 11.4. The third-order valence-corrected chi connectivity index (χ3v) is 7.99. The maximum Gasteiger partial charge on any atom is 0.314 e. The van der Waals surface area contributed by atoms with Crippen molar-refractivity contribution in [2.24, 2.45) is 5.92 Å². The molecule has 9 nitrogen and oxygen atoms in total. The zero-order valence-corrected chi connectivity index (χ0v) is 21.4. The van der Waals surface area contributed by atoms with Crippen LogP contribution in [0, 0.1) is 5.92 Å². The van der Waals surface area contributed by atoms with Crippen LogP contribution in [-0.2, 0) is 9.59 Å². The van der Waals surface area contributed by atoms with Gasteiger partial charge in [-0.1, -0.05) is 19.1 Å². The fraction of sp³-hybridized carbons (Fsp3) is 0.423. The number of benzene rings is 1. The van der Waals surface area contributed by atoms with Crippen LogP contribution in [0.4, 0.5) is 5.69 Å².